The third-order valence-corrected chi connectivity index (χ3v) is 17.5. The second-order valence-electron chi connectivity index (χ2n) is 3.65. The zero-order valence-corrected chi connectivity index (χ0v) is 33.0. The smallest absolute Gasteiger partial charge is 0.0691 e. The van der Waals surface area contributed by atoms with Gasteiger partial charge in [0.1, 0.15) is 22.0 Å². The van der Waals surface area contributed by atoms with E-state index in [1.807, 2.05) is 0 Å². The number of halogens is 15. The summed E-state index contributed by atoms with van der Waals surface area (Å²) >= 11 is 54.9. The molecular formula is C7Br15. The van der Waals surface area contributed by atoms with Crippen LogP contribution in [0.25, 0.3) is 0 Å². The zero-order chi connectivity index (χ0) is 18.6. The Morgan fingerprint density at radius 1 is 0.455 bits per heavy atom. The minimum Gasteiger partial charge on any atom is -0.0691 e. The van der Waals surface area contributed by atoms with Crippen LogP contribution in [0.2, 0.25) is 0 Å². The first-order chi connectivity index (χ1) is 9.19. The van der Waals surface area contributed by atoms with Crippen LogP contribution in [0.4, 0.5) is 0 Å². The fourth-order valence-corrected chi connectivity index (χ4v) is 25.8. The van der Waals surface area contributed by atoms with Crippen molar-refractivity contribution in [2.45, 2.75) is 12.9 Å². The van der Waals surface area contributed by atoms with Gasteiger partial charge in [0, 0.05) is 0 Å². The average molecular weight is 1280 g/mol. The van der Waals surface area contributed by atoms with E-state index in [2.05, 4.69) is 239 Å². The van der Waals surface area contributed by atoms with Crippen LogP contribution in [0.3, 0.4) is 0 Å². The van der Waals surface area contributed by atoms with E-state index >= 15 is 0 Å². The molecule has 0 rings (SSSR count). The van der Waals surface area contributed by atoms with E-state index in [0.717, 1.165) is 0 Å². The lowest BCUT2D eigenvalue weighted by Gasteiger charge is -2.60. The predicted molar refractivity (Wildman–Crippen MR) is 153 cm³/mol. The Balaban J connectivity index is 6.98. The lowest BCUT2D eigenvalue weighted by molar-refractivity contribution is 0.340. The number of hydrogen-bond acceptors (Lipinski definition) is 0. The Morgan fingerprint density at radius 2 is 0.682 bits per heavy atom. The van der Waals surface area contributed by atoms with Gasteiger partial charge in [-0.3, -0.25) is 0 Å². The third kappa shape index (κ3) is 5.51. The maximum absolute atomic E-state index is 3.81. The van der Waals surface area contributed by atoms with Crippen molar-refractivity contribution in [3.05, 3.63) is 3.74 Å². The van der Waals surface area contributed by atoms with Gasteiger partial charge in [-0.25, -0.2) is 0 Å². The molecule has 15 heteroatoms. The topological polar surface area (TPSA) is 0 Å². The molecule has 0 N–H and O–H groups in total. The van der Waals surface area contributed by atoms with Gasteiger partial charge in [0.25, 0.3) is 0 Å². The van der Waals surface area contributed by atoms with Crippen LogP contribution in [0, 0.1) is 9.15 Å². The summed E-state index contributed by atoms with van der Waals surface area (Å²) in [7, 11) is 0. The van der Waals surface area contributed by atoms with E-state index < -0.39 is 18.3 Å². The molecule has 0 aliphatic carbocycles. The molecule has 0 spiro atoms. The molecule has 0 heterocycles. The SMILES string of the molecule is Br[C](Br)C(Br)(Br)C(Br)(Br)C(C(Br)(Br)Br)(C(Br)(Br)Br)C(Br)(Br)Br. The molecule has 0 saturated heterocycles. The van der Waals surface area contributed by atoms with Crippen molar-refractivity contribution in [2.24, 2.45) is 5.41 Å². The van der Waals surface area contributed by atoms with Crippen molar-refractivity contribution in [3.63, 3.8) is 0 Å². The number of rotatable bonds is 3. The summed E-state index contributed by atoms with van der Waals surface area (Å²) in [5, 5.41) is 0. The molecule has 1 radical (unpaired) electrons. The van der Waals surface area contributed by atoms with Gasteiger partial charge in [0.05, 0.1) is 0 Å². The Kier molecular flexibility index (Phi) is 13.0. The van der Waals surface area contributed by atoms with Gasteiger partial charge in [0.15, 0.2) is 0 Å². The molecule has 0 bridgehead atoms. The number of hydrogen-bond donors (Lipinski definition) is 0. The minimum atomic E-state index is -0.917. The van der Waals surface area contributed by atoms with Gasteiger partial charge < -0.3 is 0 Å². The highest BCUT2D eigenvalue weighted by Gasteiger charge is 2.80. The summed E-state index contributed by atoms with van der Waals surface area (Å²) in [6, 6.07) is 0. The van der Waals surface area contributed by atoms with E-state index in [4.69, 9.17) is 0 Å². The van der Waals surface area contributed by atoms with Crippen LogP contribution < -0.4 is 0 Å². The molecule has 0 fully saturated rings. The van der Waals surface area contributed by atoms with E-state index in [1.165, 1.54) is 0 Å². The fourth-order valence-electron chi connectivity index (χ4n) is 1.37. The van der Waals surface area contributed by atoms with E-state index in [0.29, 0.717) is 3.74 Å². The van der Waals surface area contributed by atoms with Crippen LogP contribution in [0.15, 0.2) is 0 Å². The van der Waals surface area contributed by atoms with Crippen molar-refractivity contribution in [3.8, 4) is 0 Å². The Hall–Kier alpha value is 7.20. The normalized spacial score (nSPS) is 16.4. The maximum Gasteiger partial charge on any atom is 0.148 e. The minimum absolute atomic E-state index is 0.705. The predicted octanol–water partition coefficient (Wildman–Crippen LogP) is 11.7. The molecule has 0 aromatic rings. The van der Waals surface area contributed by atoms with E-state index in [1.54, 1.807) is 0 Å². The number of alkyl halides is 13. The highest BCUT2D eigenvalue weighted by atomic mass is 80.0. The molecule has 0 aromatic heterocycles. The second kappa shape index (κ2) is 9.77. The van der Waals surface area contributed by atoms with Crippen LogP contribution in [-0.2, 0) is 0 Å². The zero-order valence-electron chi connectivity index (χ0n) is 9.17. The van der Waals surface area contributed by atoms with Crippen LogP contribution in [0.1, 0.15) is 0 Å². The second-order valence-corrected chi connectivity index (χ2v) is 33.5. The van der Waals surface area contributed by atoms with Gasteiger partial charge in [-0.1, -0.05) is 239 Å². The lowest BCUT2D eigenvalue weighted by Crippen LogP contribution is -2.67. The summed E-state index contributed by atoms with van der Waals surface area (Å²) in [6.45, 7) is 0. The van der Waals surface area contributed by atoms with Gasteiger partial charge >= 0.3 is 0 Å². The van der Waals surface area contributed by atoms with Gasteiger partial charge in [-0.2, -0.15) is 0 Å². The molecule has 0 nitrogen and oxygen atoms in total. The molecule has 0 aliphatic heterocycles. The molecule has 0 aromatic carbocycles. The Bertz CT molecular complexity index is 356. The Labute approximate surface area is 255 Å². The highest BCUT2D eigenvalue weighted by Crippen LogP contribution is 2.82. The molecule has 22 heavy (non-hydrogen) atoms. The van der Waals surface area contributed by atoms with Crippen molar-refractivity contribution in [1.29, 1.82) is 0 Å². The van der Waals surface area contributed by atoms with Gasteiger partial charge in [-0.05, 0) is 0 Å². The first-order valence-corrected chi connectivity index (χ1v) is 16.2. The first kappa shape index (κ1) is 29.2. The maximum atomic E-state index is 3.81. The first-order valence-electron chi connectivity index (χ1n) is 4.33. The van der Waals surface area contributed by atoms with Crippen LogP contribution >= 0.6 is 239 Å². The lowest BCUT2D eigenvalue weighted by atomic mass is 9.89. The van der Waals surface area contributed by atoms with Crippen LogP contribution in [0.5, 0.6) is 0 Å². The van der Waals surface area contributed by atoms with Gasteiger partial charge in [-0.15, -0.1) is 0 Å². The molecule has 133 valence electrons. The van der Waals surface area contributed by atoms with Crippen molar-refractivity contribution >= 4 is 239 Å². The molecular weight excluding hydrogens is 1280 g/mol. The van der Waals surface area contributed by atoms with E-state index in [-0.39, 0.29) is 0 Å². The van der Waals surface area contributed by atoms with Gasteiger partial charge in [0.2, 0.25) is 0 Å². The average Bonchev–Trinajstić information content (AvgIpc) is 2.08. The Morgan fingerprint density at radius 3 is 0.818 bits per heavy atom. The monoisotopic (exact) mass is 1270 g/mol. The fraction of sp³-hybridized carbons (Fsp3) is 0.857. The third-order valence-electron chi connectivity index (χ3n) is 2.38. The van der Waals surface area contributed by atoms with Crippen molar-refractivity contribution in [2.75, 3.05) is 0 Å². The van der Waals surface area contributed by atoms with Crippen LogP contribution in [-0.4, -0.2) is 12.9 Å². The molecule has 0 unspecified atom stereocenters. The standard InChI is InChI=1S/C7Br15/c8-1(9)2(10,11)4(12,13)3(5(14,15)16,6(17,18)19)7(20,21)22. The summed E-state index contributed by atoms with van der Waals surface area (Å²) < 4.78 is -3.55. The quantitative estimate of drug-likeness (QED) is 0.247. The summed E-state index contributed by atoms with van der Waals surface area (Å²) in [5.74, 6) is 0. The summed E-state index contributed by atoms with van der Waals surface area (Å²) in [4.78, 5) is 0. The summed E-state index contributed by atoms with van der Waals surface area (Å²) in [5.41, 5.74) is -0.917. The summed E-state index contributed by atoms with van der Waals surface area (Å²) in [6.07, 6.45) is 0. The molecule has 0 atom stereocenters. The molecule has 0 aliphatic rings. The van der Waals surface area contributed by atoms with E-state index in [9.17, 15) is 0 Å². The molecule has 0 amide bonds. The van der Waals surface area contributed by atoms with Crippen molar-refractivity contribution in [1.82, 2.24) is 0 Å². The van der Waals surface area contributed by atoms with Crippen molar-refractivity contribution < 1.29 is 0 Å². The molecule has 0 saturated carbocycles. The highest BCUT2D eigenvalue weighted by molar-refractivity contribution is 9.42. The largest absolute Gasteiger partial charge is 0.148 e.